The molecule has 2 aliphatic rings. The summed E-state index contributed by atoms with van der Waals surface area (Å²) in [5, 5.41) is 6.39. The first-order valence-electron chi connectivity index (χ1n) is 8.80. The van der Waals surface area contributed by atoms with Gasteiger partial charge < -0.3 is 20.1 Å². The minimum atomic E-state index is 0.384. The van der Waals surface area contributed by atoms with Gasteiger partial charge in [-0.1, -0.05) is 27.7 Å². The Hall–Kier alpha value is -0.160. The summed E-state index contributed by atoms with van der Waals surface area (Å²) in [6.45, 7) is 20.5. The summed E-state index contributed by atoms with van der Waals surface area (Å²) in [6.07, 6.45) is 2.93. The van der Waals surface area contributed by atoms with Crippen LogP contribution in [0.15, 0.2) is 0 Å². The molecule has 0 saturated carbocycles. The first-order valence-corrected chi connectivity index (χ1v) is 8.80. The van der Waals surface area contributed by atoms with E-state index in [9.17, 15) is 0 Å². The van der Waals surface area contributed by atoms with Crippen LogP contribution in [0.3, 0.4) is 0 Å². The molecule has 0 aromatic rings. The van der Waals surface area contributed by atoms with Crippen molar-refractivity contribution in [2.75, 3.05) is 26.2 Å². The molecule has 2 fully saturated rings. The number of rotatable bonds is 4. The van der Waals surface area contributed by atoms with Gasteiger partial charge in [-0.15, -0.1) is 0 Å². The summed E-state index contributed by atoms with van der Waals surface area (Å²) in [6, 6.07) is 0. The lowest BCUT2D eigenvalue weighted by molar-refractivity contribution is -0.0200. The molecule has 0 aromatic carbocycles. The fourth-order valence-electron chi connectivity index (χ4n) is 1.87. The average molecular weight is 305 g/mol. The maximum atomic E-state index is 5.55. The average Bonchev–Trinajstić information content (AvgIpc) is 2.91. The lowest BCUT2D eigenvalue weighted by Gasteiger charge is -2.28. The van der Waals surface area contributed by atoms with Crippen LogP contribution in [0.5, 0.6) is 0 Å². The van der Waals surface area contributed by atoms with Crippen molar-refractivity contribution in [3.63, 3.8) is 0 Å². The van der Waals surface area contributed by atoms with Gasteiger partial charge in [-0.2, -0.15) is 0 Å². The molecule has 4 heteroatoms. The molecule has 130 valence electrons. The smallest absolute Gasteiger partial charge is 0.0827 e. The Kier molecular flexibility index (Phi) is 17.8. The van der Waals surface area contributed by atoms with Crippen LogP contribution in [0.25, 0.3) is 0 Å². The van der Waals surface area contributed by atoms with Gasteiger partial charge in [0, 0.05) is 19.6 Å². The topological polar surface area (TPSA) is 42.5 Å². The van der Waals surface area contributed by atoms with Crippen LogP contribution in [-0.4, -0.2) is 50.6 Å². The van der Waals surface area contributed by atoms with E-state index >= 15 is 0 Å². The molecule has 2 heterocycles. The molecular weight excluding hydrogens is 264 g/mol. The van der Waals surface area contributed by atoms with Crippen LogP contribution < -0.4 is 10.6 Å². The van der Waals surface area contributed by atoms with Crippen LogP contribution >= 0.6 is 0 Å². The third-order valence-corrected chi connectivity index (χ3v) is 2.69. The highest BCUT2D eigenvalue weighted by atomic mass is 16.5. The van der Waals surface area contributed by atoms with E-state index in [1.807, 2.05) is 27.7 Å². The zero-order valence-corrected chi connectivity index (χ0v) is 15.7. The summed E-state index contributed by atoms with van der Waals surface area (Å²) >= 11 is 0. The normalized spacial score (nSPS) is 20.6. The highest BCUT2D eigenvalue weighted by Gasteiger charge is 2.17. The summed E-state index contributed by atoms with van der Waals surface area (Å²) in [4.78, 5) is 0. The molecule has 4 nitrogen and oxygen atoms in total. The minimum Gasteiger partial charge on any atom is -0.374 e. The maximum absolute atomic E-state index is 5.55. The lowest BCUT2D eigenvalue weighted by atomic mass is 10.2. The van der Waals surface area contributed by atoms with E-state index in [1.54, 1.807) is 0 Å². The molecule has 0 aromatic heterocycles. The highest BCUT2D eigenvalue weighted by molar-refractivity contribution is 4.75. The third-order valence-electron chi connectivity index (χ3n) is 2.69. The number of nitrogens with one attached hydrogen (secondary N) is 2. The fraction of sp³-hybridized carbons (Fsp3) is 1.00. The molecule has 1 atom stereocenters. The van der Waals surface area contributed by atoms with E-state index in [2.05, 4.69) is 38.3 Å². The summed E-state index contributed by atoms with van der Waals surface area (Å²) in [5.74, 6) is 0. The van der Waals surface area contributed by atoms with Gasteiger partial charge in [0.05, 0.1) is 24.4 Å². The molecule has 2 N–H and O–H groups in total. The third kappa shape index (κ3) is 14.5. The number of hydrogen-bond acceptors (Lipinski definition) is 4. The Balaban J connectivity index is 0. The molecule has 0 radical (unpaired) electrons. The molecule has 0 bridgehead atoms. The minimum absolute atomic E-state index is 0.384. The van der Waals surface area contributed by atoms with Gasteiger partial charge in [0.1, 0.15) is 0 Å². The van der Waals surface area contributed by atoms with Crippen molar-refractivity contribution < 1.29 is 9.47 Å². The lowest BCUT2D eigenvalue weighted by Crippen LogP contribution is -2.49. The molecular formula is C17H40N2O2. The Bertz CT molecular complexity index is 189. The van der Waals surface area contributed by atoms with Crippen molar-refractivity contribution in [2.45, 2.75) is 86.2 Å². The van der Waals surface area contributed by atoms with E-state index in [4.69, 9.17) is 9.47 Å². The fourth-order valence-corrected chi connectivity index (χ4v) is 1.87. The van der Waals surface area contributed by atoms with Gasteiger partial charge in [0.2, 0.25) is 0 Å². The van der Waals surface area contributed by atoms with E-state index in [1.165, 1.54) is 6.42 Å². The first-order chi connectivity index (χ1) is 10.1. The van der Waals surface area contributed by atoms with Crippen molar-refractivity contribution >= 4 is 0 Å². The van der Waals surface area contributed by atoms with Gasteiger partial charge in [0.15, 0.2) is 0 Å². The van der Waals surface area contributed by atoms with E-state index in [0.29, 0.717) is 24.4 Å². The largest absolute Gasteiger partial charge is 0.374 e. The van der Waals surface area contributed by atoms with Crippen LogP contribution in [0.2, 0.25) is 0 Å². The Labute approximate surface area is 133 Å². The molecule has 0 spiro atoms. The monoisotopic (exact) mass is 304 g/mol. The second kappa shape index (κ2) is 16.2. The molecule has 0 amide bonds. The van der Waals surface area contributed by atoms with Crippen LogP contribution in [0, 0.1) is 0 Å². The van der Waals surface area contributed by atoms with Gasteiger partial charge in [-0.05, 0) is 40.7 Å². The van der Waals surface area contributed by atoms with Gasteiger partial charge in [-0.25, -0.2) is 0 Å². The van der Waals surface area contributed by atoms with Crippen molar-refractivity contribution in [1.82, 2.24) is 10.6 Å². The van der Waals surface area contributed by atoms with Crippen molar-refractivity contribution in [1.29, 1.82) is 0 Å². The van der Waals surface area contributed by atoms with Crippen molar-refractivity contribution in [3.8, 4) is 0 Å². The van der Waals surface area contributed by atoms with Crippen LogP contribution in [-0.2, 0) is 9.47 Å². The SMILES string of the molecule is CC.CC.CC(C)OC1CCNC1.CC(C)OC1CNC1. The first kappa shape index (κ1) is 23.1. The summed E-state index contributed by atoms with van der Waals surface area (Å²) in [7, 11) is 0. The predicted molar refractivity (Wildman–Crippen MR) is 93.1 cm³/mol. The van der Waals surface area contributed by atoms with Crippen molar-refractivity contribution in [2.24, 2.45) is 0 Å². The summed E-state index contributed by atoms with van der Waals surface area (Å²) < 4.78 is 11.0. The maximum Gasteiger partial charge on any atom is 0.0827 e. The molecule has 2 aliphatic heterocycles. The van der Waals surface area contributed by atoms with E-state index in [-0.39, 0.29) is 0 Å². The van der Waals surface area contributed by atoms with Crippen LogP contribution in [0.1, 0.15) is 61.8 Å². The second-order valence-electron chi connectivity index (χ2n) is 5.26. The van der Waals surface area contributed by atoms with E-state index < -0.39 is 0 Å². The zero-order chi connectivity index (χ0) is 16.7. The van der Waals surface area contributed by atoms with Crippen LogP contribution in [0.4, 0.5) is 0 Å². The highest BCUT2D eigenvalue weighted by Crippen LogP contribution is 2.05. The predicted octanol–water partition coefficient (Wildman–Crippen LogP) is 3.21. The molecule has 2 rings (SSSR count). The second-order valence-corrected chi connectivity index (χ2v) is 5.26. The van der Waals surface area contributed by atoms with Gasteiger partial charge >= 0.3 is 0 Å². The molecule has 0 aliphatic carbocycles. The Morgan fingerprint density at radius 3 is 1.38 bits per heavy atom. The Morgan fingerprint density at radius 1 is 0.714 bits per heavy atom. The molecule has 2 saturated heterocycles. The van der Waals surface area contributed by atoms with Gasteiger partial charge in [-0.3, -0.25) is 0 Å². The van der Waals surface area contributed by atoms with E-state index in [0.717, 1.165) is 26.2 Å². The van der Waals surface area contributed by atoms with Crippen molar-refractivity contribution in [3.05, 3.63) is 0 Å². The number of ether oxygens (including phenoxy) is 2. The zero-order valence-electron chi connectivity index (χ0n) is 15.7. The standard InChI is InChI=1S/C7H15NO.C6H13NO.2C2H6/c1-6(2)9-7-3-4-8-5-7;1-5(2)8-6-3-7-4-6;2*1-2/h6-8H,3-5H2,1-2H3;5-7H,3-4H2,1-2H3;2*1-2H3. The molecule has 1 unspecified atom stereocenters. The van der Waals surface area contributed by atoms with Gasteiger partial charge in [0.25, 0.3) is 0 Å². The number of hydrogen-bond donors (Lipinski definition) is 2. The Morgan fingerprint density at radius 2 is 1.14 bits per heavy atom. The molecule has 21 heavy (non-hydrogen) atoms. The quantitative estimate of drug-likeness (QED) is 0.837. The summed E-state index contributed by atoms with van der Waals surface area (Å²) in [5.41, 5.74) is 0.